The molecule has 1 aliphatic rings. The quantitative estimate of drug-likeness (QED) is 0.629. The van der Waals surface area contributed by atoms with Crippen LogP contribution in [0.3, 0.4) is 0 Å². The minimum atomic E-state index is -0.678. The lowest BCUT2D eigenvalue weighted by molar-refractivity contribution is 0.0862. The summed E-state index contributed by atoms with van der Waals surface area (Å²) in [6, 6.07) is 7.00. The molecule has 2 atom stereocenters. The predicted molar refractivity (Wildman–Crippen MR) is 103 cm³/mol. The van der Waals surface area contributed by atoms with E-state index in [0.717, 1.165) is 19.3 Å². The first-order valence-electron chi connectivity index (χ1n) is 9.70. The molecule has 0 radical (unpaired) electrons. The number of aromatic nitrogens is 2. The van der Waals surface area contributed by atoms with E-state index in [-0.39, 0.29) is 30.3 Å². The van der Waals surface area contributed by atoms with Gasteiger partial charge in [-0.1, -0.05) is 12.5 Å². The first-order valence-corrected chi connectivity index (χ1v) is 9.70. The van der Waals surface area contributed by atoms with Gasteiger partial charge in [0.2, 0.25) is 0 Å². The van der Waals surface area contributed by atoms with Crippen LogP contribution in [-0.2, 0) is 6.61 Å². The van der Waals surface area contributed by atoms with Crippen molar-refractivity contribution >= 4 is 11.4 Å². The molecule has 3 aromatic rings. The van der Waals surface area contributed by atoms with Gasteiger partial charge in [-0.3, -0.25) is 9.20 Å². The highest BCUT2D eigenvalue weighted by Gasteiger charge is 2.29. The van der Waals surface area contributed by atoms with Gasteiger partial charge in [-0.2, -0.15) is 0 Å². The number of Topliss-reactive ketones (excluding diaryl/α,β-unsaturated/α-hetero) is 1. The third-order valence-corrected chi connectivity index (χ3v) is 5.55. The molecule has 1 saturated carbocycles. The van der Waals surface area contributed by atoms with Crippen LogP contribution in [0.4, 0.5) is 8.78 Å². The number of ketones is 1. The maximum atomic E-state index is 13.9. The average molecular weight is 400 g/mol. The highest BCUT2D eigenvalue weighted by molar-refractivity contribution is 5.97. The molecule has 5 nitrogen and oxygen atoms in total. The number of pyridine rings is 1. The van der Waals surface area contributed by atoms with E-state index >= 15 is 0 Å². The summed E-state index contributed by atoms with van der Waals surface area (Å²) in [5.41, 5.74) is 1.25. The third-order valence-electron chi connectivity index (χ3n) is 5.55. The van der Waals surface area contributed by atoms with E-state index < -0.39 is 17.7 Å². The van der Waals surface area contributed by atoms with Crippen LogP contribution in [0.2, 0.25) is 0 Å². The number of ether oxygens (including phenoxy) is 1. The van der Waals surface area contributed by atoms with E-state index in [1.165, 1.54) is 18.2 Å². The van der Waals surface area contributed by atoms with Crippen LogP contribution in [0.15, 0.2) is 36.5 Å². The normalized spacial score (nSPS) is 19.0. The van der Waals surface area contributed by atoms with Gasteiger partial charge in [0.05, 0.1) is 17.4 Å². The molecule has 1 N–H and O–H groups in total. The molecule has 2 aromatic heterocycles. The summed E-state index contributed by atoms with van der Waals surface area (Å²) in [6.07, 6.45) is 4.04. The van der Waals surface area contributed by atoms with Gasteiger partial charge in [-0.15, -0.1) is 0 Å². The molecule has 1 aromatic carbocycles. The number of fused-ring (bicyclic) bond motifs is 1. The Labute approximate surface area is 167 Å². The Morgan fingerprint density at radius 1 is 1.24 bits per heavy atom. The van der Waals surface area contributed by atoms with Gasteiger partial charge in [0.25, 0.3) is 0 Å². The number of carbonyl (C=O) groups excluding carboxylic acids is 1. The molecule has 0 bridgehead atoms. The number of halogens is 2. The van der Waals surface area contributed by atoms with Crippen LogP contribution >= 0.6 is 0 Å². The Balaban J connectivity index is 1.61. The highest BCUT2D eigenvalue weighted by atomic mass is 19.1. The Bertz CT molecular complexity index is 1040. The standard InChI is InChI=1S/C22H22F2N2O3/c1-13-21(19(28)11-14-5-2-8-18(14)27)26-10-4-9-20(22(26)25-13)29-12-15-16(23)6-3-7-17(15)24/h3-4,6-7,9-10,14,18,27H,2,5,8,11-12H2,1H3/t14-,18-/m0/s1. The lowest BCUT2D eigenvalue weighted by atomic mass is 9.97. The molecule has 0 saturated heterocycles. The number of benzene rings is 1. The molecule has 1 aliphatic carbocycles. The van der Waals surface area contributed by atoms with Gasteiger partial charge in [0, 0.05) is 12.6 Å². The topological polar surface area (TPSA) is 63.8 Å². The van der Waals surface area contributed by atoms with Gasteiger partial charge < -0.3 is 9.84 Å². The third kappa shape index (κ3) is 3.74. The van der Waals surface area contributed by atoms with E-state index in [1.54, 1.807) is 29.7 Å². The summed E-state index contributed by atoms with van der Waals surface area (Å²) in [5.74, 6) is -1.14. The second-order valence-corrected chi connectivity index (χ2v) is 7.49. The summed E-state index contributed by atoms with van der Waals surface area (Å²) in [7, 11) is 0. The van der Waals surface area contributed by atoms with E-state index in [1.807, 2.05) is 0 Å². The fraction of sp³-hybridized carbons (Fsp3) is 0.364. The van der Waals surface area contributed by atoms with Crippen LogP contribution in [-0.4, -0.2) is 26.4 Å². The molecule has 152 valence electrons. The number of imidazole rings is 1. The Hall–Kier alpha value is -2.80. The summed E-state index contributed by atoms with van der Waals surface area (Å²) in [4.78, 5) is 17.4. The maximum absolute atomic E-state index is 13.9. The molecule has 2 heterocycles. The molecule has 1 fully saturated rings. The van der Waals surface area contributed by atoms with Crippen molar-refractivity contribution < 1.29 is 23.4 Å². The fourth-order valence-electron chi connectivity index (χ4n) is 4.01. The molecule has 0 unspecified atom stereocenters. The van der Waals surface area contributed by atoms with E-state index in [2.05, 4.69) is 4.98 Å². The van der Waals surface area contributed by atoms with Crippen molar-refractivity contribution in [2.45, 2.75) is 45.3 Å². The summed E-state index contributed by atoms with van der Waals surface area (Å²) in [5, 5.41) is 10.0. The minimum Gasteiger partial charge on any atom is -0.485 e. The smallest absolute Gasteiger partial charge is 0.181 e. The molecule has 0 amide bonds. The molecule has 29 heavy (non-hydrogen) atoms. The van der Waals surface area contributed by atoms with Crippen molar-refractivity contribution in [3.63, 3.8) is 0 Å². The van der Waals surface area contributed by atoms with Gasteiger partial charge in [-0.25, -0.2) is 13.8 Å². The van der Waals surface area contributed by atoms with E-state index in [0.29, 0.717) is 22.8 Å². The van der Waals surface area contributed by atoms with Gasteiger partial charge >= 0.3 is 0 Å². The SMILES string of the molecule is Cc1nc2c(OCc3c(F)cccc3F)cccn2c1C(=O)C[C@@H]1CCC[C@@H]1O. The lowest BCUT2D eigenvalue weighted by Gasteiger charge is -2.13. The zero-order valence-corrected chi connectivity index (χ0v) is 16.1. The van der Waals surface area contributed by atoms with Gasteiger partial charge in [0.1, 0.15) is 23.9 Å². The number of nitrogens with zero attached hydrogens (tertiary/aromatic N) is 2. The zero-order chi connectivity index (χ0) is 20.5. The summed E-state index contributed by atoms with van der Waals surface area (Å²) < 4.78 is 35.0. The first kappa shape index (κ1) is 19.5. The minimum absolute atomic E-state index is 0.0316. The van der Waals surface area contributed by atoms with Crippen LogP contribution < -0.4 is 4.74 Å². The number of carbonyl (C=O) groups is 1. The molecule has 4 rings (SSSR count). The van der Waals surface area contributed by atoms with Crippen molar-refractivity contribution in [2.24, 2.45) is 5.92 Å². The number of rotatable bonds is 6. The van der Waals surface area contributed by atoms with E-state index in [4.69, 9.17) is 4.74 Å². The van der Waals surface area contributed by atoms with Crippen LogP contribution in [0, 0.1) is 24.5 Å². The number of aliphatic hydroxyl groups excluding tert-OH is 1. The average Bonchev–Trinajstić information content (AvgIpc) is 3.23. The van der Waals surface area contributed by atoms with Crippen molar-refractivity contribution in [1.82, 2.24) is 9.38 Å². The van der Waals surface area contributed by atoms with Crippen molar-refractivity contribution in [1.29, 1.82) is 0 Å². The van der Waals surface area contributed by atoms with Crippen molar-refractivity contribution in [2.75, 3.05) is 0 Å². The molecule has 0 aliphatic heterocycles. The number of aryl methyl sites for hydroxylation is 1. The highest BCUT2D eigenvalue weighted by Crippen LogP contribution is 2.31. The maximum Gasteiger partial charge on any atom is 0.181 e. The lowest BCUT2D eigenvalue weighted by Crippen LogP contribution is -2.18. The second kappa shape index (κ2) is 7.91. The van der Waals surface area contributed by atoms with E-state index in [9.17, 15) is 18.7 Å². The van der Waals surface area contributed by atoms with Gasteiger partial charge in [-0.05, 0) is 49.9 Å². The van der Waals surface area contributed by atoms with Crippen LogP contribution in [0.25, 0.3) is 5.65 Å². The summed E-state index contributed by atoms with van der Waals surface area (Å²) >= 11 is 0. The van der Waals surface area contributed by atoms with Crippen molar-refractivity contribution in [3.05, 3.63) is 65.1 Å². The zero-order valence-electron chi connectivity index (χ0n) is 16.1. The summed E-state index contributed by atoms with van der Waals surface area (Å²) in [6.45, 7) is 1.45. The Morgan fingerprint density at radius 3 is 2.69 bits per heavy atom. The predicted octanol–water partition coefficient (Wildman–Crippen LogP) is 4.23. The molecular formula is C22H22F2N2O3. The largest absolute Gasteiger partial charge is 0.485 e. The van der Waals surface area contributed by atoms with Gasteiger partial charge in [0.15, 0.2) is 17.2 Å². The second-order valence-electron chi connectivity index (χ2n) is 7.49. The molecule has 7 heteroatoms. The van der Waals surface area contributed by atoms with Crippen LogP contribution in [0.5, 0.6) is 5.75 Å². The number of hydrogen-bond acceptors (Lipinski definition) is 4. The fourth-order valence-corrected chi connectivity index (χ4v) is 4.01. The van der Waals surface area contributed by atoms with Crippen molar-refractivity contribution in [3.8, 4) is 5.75 Å². The molecule has 0 spiro atoms. The first-order chi connectivity index (χ1) is 14.0. The molecular weight excluding hydrogens is 378 g/mol. The Morgan fingerprint density at radius 2 is 2.00 bits per heavy atom. The Kier molecular flexibility index (Phi) is 5.32. The monoisotopic (exact) mass is 400 g/mol. The number of aliphatic hydroxyl groups is 1. The number of hydrogen-bond donors (Lipinski definition) is 1. The van der Waals surface area contributed by atoms with Crippen LogP contribution in [0.1, 0.15) is 47.4 Å².